The van der Waals surface area contributed by atoms with Gasteiger partial charge < -0.3 is 10.1 Å². The molecule has 0 aliphatic carbocycles. The number of esters is 1. The van der Waals surface area contributed by atoms with Crippen LogP contribution in [0.4, 0.5) is 18.3 Å². The second-order valence-corrected chi connectivity index (χ2v) is 9.55. The fraction of sp³-hybridized carbons (Fsp3) is 0.227. The molecule has 3 rings (SSSR count). The largest absolute Gasteiger partial charge is 0.466 e. The number of carbonyl (C=O) groups excluding carboxylic acids is 2. The van der Waals surface area contributed by atoms with Crippen molar-refractivity contribution in [1.29, 1.82) is 5.26 Å². The molecule has 0 spiro atoms. The van der Waals surface area contributed by atoms with Crippen LogP contribution in [-0.4, -0.2) is 34.2 Å². The molecule has 0 saturated carbocycles. The fourth-order valence-electron chi connectivity index (χ4n) is 2.82. The summed E-state index contributed by atoms with van der Waals surface area (Å²) in [5.41, 5.74) is -0.912. The SMILES string of the molecule is CCOC(=O)Cc1csc(NC(=O)CSc2nc(-c3ccc(Br)cc3)cc(C(F)(F)F)c2C#N)n1. The Hall–Kier alpha value is -2.95. The van der Waals surface area contributed by atoms with E-state index >= 15 is 0 Å². The number of nitrogens with zero attached hydrogens (tertiary/aromatic N) is 3. The summed E-state index contributed by atoms with van der Waals surface area (Å²) in [7, 11) is 0. The molecule has 1 aromatic carbocycles. The highest BCUT2D eigenvalue weighted by Crippen LogP contribution is 2.38. The highest BCUT2D eigenvalue weighted by Gasteiger charge is 2.36. The van der Waals surface area contributed by atoms with Gasteiger partial charge in [-0.15, -0.1) is 11.3 Å². The van der Waals surface area contributed by atoms with E-state index < -0.39 is 29.2 Å². The Labute approximate surface area is 214 Å². The molecule has 1 N–H and O–H groups in total. The summed E-state index contributed by atoms with van der Waals surface area (Å²) in [5.74, 6) is -1.32. The van der Waals surface area contributed by atoms with Gasteiger partial charge in [-0.1, -0.05) is 39.8 Å². The fourth-order valence-corrected chi connectivity index (χ4v) is 4.61. The summed E-state index contributed by atoms with van der Waals surface area (Å²) < 4.78 is 46.7. The molecule has 35 heavy (non-hydrogen) atoms. The van der Waals surface area contributed by atoms with Gasteiger partial charge in [-0.25, -0.2) is 9.97 Å². The molecule has 0 aliphatic heterocycles. The number of benzene rings is 1. The first-order valence-electron chi connectivity index (χ1n) is 9.91. The van der Waals surface area contributed by atoms with Gasteiger partial charge in [0.15, 0.2) is 5.13 Å². The molecule has 0 saturated heterocycles. The van der Waals surface area contributed by atoms with Gasteiger partial charge >= 0.3 is 12.1 Å². The van der Waals surface area contributed by atoms with E-state index in [4.69, 9.17) is 4.74 Å². The lowest BCUT2D eigenvalue weighted by Gasteiger charge is -2.14. The minimum Gasteiger partial charge on any atom is -0.466 e. The van der Waals surface area contributed by atoms with Crippen LogP contribution in [0.25, 0.3) is 11.3 Å². The summed E-state index contributed by atoms with van der Waals surface area (Å²) in [6.07, 6.45) is -4.83. The van der Waals surface area contributed by atoms with Crippen molar-refractivity contribution >= 4 is 56.0 Å². The summed E-state index contributed by atoms with van der Waals surface area (Å²) in [6.45, 7) is 1.92. The first-order valence-corrected chi connectivity index (χ1v) is 12.6. The third-order valence-corrected chi connectivity index (χ3v) is 6.62. The number of carbonyl (C=O) groups is 2. The number of ether oxygens (including phenoxy) is 1. The average molecular weight is 585 g/mol. The van der Waals surface area contributed by atoms with Crippen molar-refractivity contribution in [3.63, 3.8) is 0 Å². The molecule has 0 fully saturated rings. The smallest absolute Gasteiger partial charge is 0.417 e. The van der Waals surface area contributed by atoms with Gasteiger partial charge in [0.2, 0.25) is 5.91 Å². The molecule has 3 aromatic rings. The highest BCUT2D eigenvalue weighted by molar-refractivity contribution is 9.10. The van der Waals surface area contributed by atoms with Gasteiger partial charge in [0.1, 0.15) is 11.1 Å². The van der Waals surface area contributed by atoms with Crippen LogP contribution < -0.4 is 5.32 Å². The molecule has 2 heterocycles. The number of thiazole rings is 1. The number of aromatic nitrogens is 2. The van der Waals surface area contributed by atoms with Gasteiger partial charge in [-0.05, 0) is 25.1 Å². The Balaban J connectivity index is 1.79. The maximum Gasteiger partial charge on any atom is 0.417 e. The lowest BCUT2D eigenvalue weighted by molar-refractivity contribution is -0.142. The molecular formula is C22H16BrF3N4O3S2. The van der Waals surface area contributed by atoms with Crippen LogP contribution in [0.5, 0.6) is 0 Å². The number of amides is 1. The molecule has 0 bridgehead atoms. The number of halogens is 4. The normalized spacial score (nSPS) is 11.1. The predicted octanol–water partition coefficient (Wildman–Crippen LogP) is 5.69. The van der Waals surface area contributed by atoms with Crippen LogP contribution in [0.3, 0.4) is 0 Å². The Morgan fingerprint density at radius 1 is 1.26 bits per heavy atom. The Bertz CT molecular complexity index is 1270. The third kappa shape index (κ3) is 7.27. The minimum absolute atomic E-state index is 0.0234. The molecular weight excluding hydrogens is 569 g/mol. The predicted molar refractivity (Wildman–Crippen MR) is 129 cm³/mol. The van der Waals surface area contributed by atoms with Crippen molar-refractivity contribution in [3.05, 3.63) is 57.0 Å². The van der Waals surface area contributed by atoms with Crippen molar-refractivity contribution in [2.24, 2.45) is 0 Å². The number of alkyl halides is 3. The van der Waals surface area contributed by atoms with Crippen LogP contribution >= 0.6 is 39.0 Å². The maximum absolute atomic E-state index is 13.7. The van der Waals surface area contributed by atoms with E-state index in [1.807, 2.05) is 0 Å². The first-order chi connectivity index (χ1) is 16.6. The Kier molecular flexibility index (Phi) is 8.87. The Morgan fingerprint density at radius 2 is 1.97 bits per heavy atom. The van der Waals surface area contributed by atoms with E-state index in [9.17, 15) is 28.0 Å². The van der Waals surface area contributed by atoms with Crippen molar-refractivity contribution in [1.82, 2.24) is 9.97 Å². The van der Waals surface area contributed by atoms with E-state index in [1.165, 1.54) is 0 Å². The van der Waals surface area contributed by atoms with Gasteiger partial charge in [-0.2, -0.15) is 18.4 Å². The molecule has 0 atom stereocenters. The number of thioether (sulfide) groups is 1. The van der Waals surface area contributed by atoms with E-state index in [1.54, 1.807) is 42.6 Å². The molecule has 0 aliphatic rings. The quantitative estimate of drug-likeness (QED) is 0.267. The van der Waals surface area contributed by atoms with Crippen LogP contribution in [0, 0.1) is 11.3 Å². The van der Waals surface area contributed by atoms with Gasteiger partial charge in [-0.3, -0.25) is 9.59 Å². The van der Waals surface area contributed by atoms with Gasteiger partial charge in [0, 0.05) is 15.4 Å². The standard InChI is InChI=1S/C22H16BrF3N4O3S2/c1-2-33-19(32)7-14-10-35-21(28-14)30-18(31)11-34-20-15(9-27)16(22(24,25)26)8-17(29-20)12-3-5-13(23)6-4-12/h3-6,8,10H,2,7,11H2,1H3,(H,28,30,31). The number of hydrogen-bond acceptors (Lipinski definition) is 8. The van der Waals surface area contributed by atoms with E-state index in [2.05, 4.69) is 31.2 Å². The zero-order chi connectivity index (χ0) is 25.6. The van der Waals surface area contributed by atoms with Crippen molar-refractivity contribution < 1.29 is 27.5 Å². The highest BCUT2D eigenvalue weighted by atomic mass is 79.9. The van der Waals surface area contributed by atoms with E-state index in [0.29, 0.717) is 23.0 Å². The van der Waals surface area contributed by atoms with Gasteiger partial charge in [0.25, 0.3) is 0 Å². The lowest BCUT2D eigenvalue weighted by Crippen LogP contribution is -2.15. The Morgan fingerprint density at radius 3 is 2.60 bits per heavy atom. The molecule has 1 amide bonds. The zero-order valence-electron chi connectivity index (χ0n) is 18.0. The van der Waals surface area contributed by atoms with Crippen LogP contribution in [0.15, 0.2) is 45.2 Å². The maximum atomic E-state index is 13.7. The number of rotatable bonds is 8. The summed E-state index contributed by atoms with van der Waals surface area (Å²) in [6, 6.07) is 8.90. The lowest BCUT2D eigenvalue weighted by atomic mass is 10.1. The number of nitriles is 1. The molecule has 7 nitrogen and oxygen atoms in total. The first kappa shape index (κ1) is 26.7. The summed E-state index contributed by atoms with van der Waals surface area (Å²) in [5, 5.41) is 13.6. The molecule has 0 radical (unpaired) electrons. The topological polar surface area (TPSA) is 105 Å². The van der Waals surface area contributed by atoms with Crippen molar-refractivity contribution in [2.45, 2.75) is 24.5 Å². The number of nitrogens with one attached hydrogen (secondary N) is 1. The second-order valence-electron chi connectivity index (χ2n) is 6.81. The average Bonchev–Trinajstić information content (AvgIpc) is 3.23. The second kappa shape index (κ2) is 11.7. The van der Waals surface area contributed by atoms with Crippen molar-refractivity contribution in [2.75, 3.05) is 17.7 Å². The number of anilines is 1. The summed E-state index contributed by atoms with van der Waals surface area (Å²) in [4.78, 5) is 32.3. The van der Waals surface area contributed by atoms with Crippen molar-refractivity contribution in [3.8, 4) is 17.3 Å². The monoisotopic (exact) mass is 584 g/mol. The molecule has 0 unspecified atom stereocenters. The summed E-state index contributed by atoms with van der Waals surface area (Å²) >= 11 is 5.08. The van der Waals surface area contributed by atoms with Gasteiger partial charge in [0.05, 0.1) is 41.3 Å². The molecule has 13 heteroatoms. The van der Waals surface area contributed by atoms with Crippen LogP contribution in [-0.2, 0) is 26.9 Å². The zero-order valence-corrected chi connectivity index (χ0v) is 21.2. The third-order valence-electron chi connectivity index (χ3n) is 4.31. The minimum atomic E-state index is -4.79. The molecule has 182 valence electrons. The number of pyridine rings is 1. The van der Waals surface area contributed by atoms with Crippen LogP contribution in [0.1, 0.15) is 23.7 Å². The molecule has 2 aromatic heterocycles. The number of hydrogen-bond donors (Lipinski definition) is 1. The van der Waals surface area contributed by atoms with Crippen LogP contribution in [0.2, 0.25) is 0 Å². The van der Waals surface area contributed by atoms with E-state index in [-0.39, 0.29) is 34.6 Å². The van der Waals surface area contributed by atoms with E-state index in [0.717, 1.165) is 21.9 Å².